The number of likely N-dealkylation sites (N-methyl/N-ethyl adjacent to an activating group) is 1. The first-order valence-electron chi connectivity index (χ1n) is 5.57. The fraction of sp³-hybridized carbons (Fsp3) is 0.462. The van der Waals surface area contributed by atoms with Crippen LogP contribution in [0, 0.1) is 0 Å². The lowest BCUT2D eigenvalue weighted by molar-refractivity contribution is 0.0993. The standard InChI is InChI=1S/C13H18ClNO/c1-4-9(2)11-6-5-10(7-12(11)14)13(16)8-15-3/h5-7,9,15H,4,8H2,1-3H3. The number of hydrogen-bond acceptors (Lipinski definition) is 2. The predicted octanol–water partition coefficient (Wildman–Crippen LogP) is 3.26. The van der Waals surface area contributed by atoms with Crippen LogP contribution in [0.25, 0.3) is 0 Å². The largest absolute Gasteiger partial charge is 0.313 e. The van der Waals surface area contributed by atoms with Crippen LogP contribution in [0.4, 0.5) is 0 Å². The third kappa shape index (κ3) is 3.06. The Morgan fingerprint density at radius 3 is 2.69 bits per heavy atom. The zero-order chi connectivity index (χ0) is 12.1. The van der Waals surface area contributed by atoms with Gasteiger partial charge in [-0.05, 0) is 31.0 Å². The van der Waals surface area contributed by atoms with Crippen molar-refractivity contribution < 1.29 is 4.79 Å². The third-order valence-electron chi connectivity index (χ3n) is 2.80. The lowest BCUT2D eigenvalue weighted by Crippen LogP contribution is -2.18. The smallest absolute Gasteiger partial charge is 0.176 e. The first kappa shape index (κ1) is 13.2. The van der Waals surface area contributed by atoms with Crippen LogP contribution in [0.3, 0.4) is 0 Å². The van der Waals surface area contributed by atoms with Gasteiger partial charge in [-0.15, -0.1) is 0 Å². The maximum atomic E-state index is 11.6. The summed E-state index contributed by atoms with van der Waals surface area (Å²) in [6.45, 7) is 4.61. The van der Waals surface area contributed by atoms with Crippen LogP contribution in [0.1, 0.15) is 42.1 Å². The Morgan fingerprint density at radius 1 is 1.50 bits per heavy atom. The van der Waals surface area contributed by atoms with E-state index < -0.39 is 0 Å². The Bertz CT molecular complexity index is 376. The second-order valence-corrected chi connectivity index (χ2v) is 4.41. The third-order valence-corrected chi connectivity index (χ3v) is 3.13. The number of rotatable bonds is 5. The molecule has 0 heterocycles. The predicted molar refractivity (Wildman–Crippen MR) is 68.4 cm³/mol. The summed E-state index contributed by atoms with van der Waals surface area (Å²) in [5.74, 6) is 0.501. The van der Waals surface area contributed by atoms with Crippen molar-refractivity contribution in [2.24, 2.45) is 0 Å². The fourth-order valence-electron chi connectivity index (χ4n) is 1.58. The fourth-order valence-corrected chi connectivity index (χ4v) is 1.95. The molecule has 0 aliphatic heterocycles. The number of ketones is 1. The monoisotopic (exact) mass is 239 g/mol. The quantitative estimate of drug-likeness (QED) is 0.800. The number of halogens is 1. The van der Waals surface area contributed by atoms with E-state index in [1.165, 1.54) is 0 Å². The number of carbonyl (C=O) groups is 1. The minimum absolute atomic E-state index is 0.0695. The van der Waals surface area contributed by atoms with Gasteiger partial charge in [0.2, 0.25) is 0 Å². The van der Waals surface area contributed by atoms with Crippen LogP contribution in [0.15, 0.2) is 18.2 Å². The summed E-state index contributed by atoms with van der Waals surface area (Å²) >= 11 is 6.17. The highest BCUT2D eigenvalue weighted by atomic mass is 35.5. The molecule has 0 aliphatic carbocycles. The molecule has 0 radical (unpaired) electrons. The summed E-state index contributed by atoms with van der Waals surface area (Å²) in [5.41, 5.74) is 1.79. The molecule has 0 fully saturated rings. The molecule has 0 aromatic heterocycles. The molecular weight excluding hydrogens is 222 g/mol. The van der Waals surface area contributed by atoms with Crippen molar-refractivity contribution in [3.8, 4) is 0 Å². The van der Waals surface area contributed by atoms with Crippen LogP contribution >= 0.6 is 11.6 Å². The van der Waals surface area contributed by atoms with Crippen LogP contribution in [0.5, 0.6) is 0 Å². The van der Waals surface area contributed by atoms with Gasteiger partial charge in [0.1, 0.15) is 0 Å². The number of carbonyl (C=O) groups excluding carboxylic acids is 1. The maximum absolute atomic E-state index is 11.6. The SMILES string of the molecule is CCC(C)c1ccc(C(=O)CNC)cc1Cl. The minimum Gasteiger partial charge on any atom is -0.313 e. The Labute approximate surface area is 102 Å². The molecule has 1 rings (SSSR count). The van der Waals surface area contributed by atoms with Crippen molar-refractivity contribution in [2.75, 3.05) is 13.6 Å². The Hall–Kier alpha value is -0.860. The second kappa shape index (κ2) is 6.02. The van der Waals surface area contributed by atoms with Gasteiger partial charge in [-0.1, -0.05) is 37.6 Å². The summed E-state index contributed by atoms with van der Waals surface area (Å²) in [5, 5.41) is 3.53. The molecule has 1 N–H and O–H groups in total. The molecule has 0 saturated carbocycles. The number of hydrogen-bond donors (Lipinski definition) is 1. The molecular formula is C13H18ClNO. The van der Waals surface area contributed by atoms with Gasteiger partial charge in [0.25, 0.3) is 0 Å². The van der Waals surface area contributed by atoms with Gasteiger partial charge in [-0.25, -0.2) is 0 Å². The van der Waals surface area contributed by atoms with E-state index in [-0.39, 0.29) is 5.78 Å². The van der Waals surface area contributed by atoms with Gasteiger partial charge in [0, 0.05) is 10.6 Å². The molecule has 0 bridgehead atoms. The maximum Gasteiger partial charge on any atom is 0.176 e. The Kier molecular flexibility index (Phi) is 4.97. The highest BCUT2D eigenvalue weighted by molar-refractivity contribution is 6.31. The molecule has 1 aromatic rings. The normalized spacial score (nSPS) is 12.5. The van der Waals surface area contributed by atoms with E-state index in [1.54, 1.807) is 13.1 Å². The van der Waals surface area contributed by atoms with Gasteiger partial charge in [0.05, 0.1) is 6.54 Å². The molecule has 0 spiro atoms. The van der Waals surface area contributed by atoms with Crippen LogP contribution in [-0.2, 0) is 0 Å². The molecule has 1 unspecified atom stereocenters. The van der Waals surface area contributed by atoms with E-state index >= 15 is 0 Å². The second-order valence-electron chi connectivity index (χ2n) is 4.00. The summed E-state index contributed by atoms with van der Waals surface area (Å²) in [4.78, 5) is 11.6. The molecule has 0 aliphatic rings. The van der Waals surface area contributed by atoms with Crippen LogP contribution in [-0.4, -0.2) is 19.4 Å². The van der Waals surface area contributed by atoms with Crippen molar-refractivity contribution in [1.82, 2.24) is 5.32 Å². The van der Waals surface area contributed by atoms with Gasteiger partial charge < -0.3 is 5.32 Å². The first-order valence-corrected chi connectivity index (χ1v) is 5.95. The molecule has 1 atom stereocenters. The summed E-state index contributed by atoms with van der Waals surface area (Å²) in [7, 11) is 1.76. The molecule has 0 amide bonds. The molecule has 1 aromatic carbocycles. The Morgan fingerprint density at radius 2 is 2.19 bits per heavy atom. The van der Waals surface area contributed by atoms with Crippen LogP contribution < -0.4 is 5.32 Å². The van der Waals surface area contributed by atoms with Gasteiger partial charge in [0.15, 0.2) is 5.78 Å². The average molecular weight is 240 g/mol. The van der Waals surface area contributed by atoms with Crippen molar-refractivity contribution in [2.45, 2.75) is 26.2 Å². The highest BCUT2D eigenvalue weighted by Gasteiger charge is 2.11. The highest BCUT2D eigenvalue weighted by Crippen LogP contribution is 2.27. The molecule has 88 valence electrons. The summed E-state index contributed by atoms with van der Waals surface area (Å²) in [6, 6.07) is 5.58. The molecule has 2 nitrogen and oxygen atoms in total. The summed E-state index contributed by atoms with van der Waals surface area (Å²) in [6.07, 6.45) is 1.05. The van der Waals surface area contributed by atoms with Crippen molar-refractivity contribution in [3.63, 3.8) is 0 Å². The Balaban J connectivity index is 2.95. The van der Waals surface area contributed by atoms with E-state index in [0.717, 1.165) is 12.0 Å². The number of benzene rings is 1. The lowest BCUT2D eigenvalue weighted by Gasteiger charge is -2.12. The lowest BCUT2D eigenvalue weighted by atomic mass is 9.96. The molecule has 16 heavy (non-hydrogen) atoms. The first-order chi connectivity index (χ1) is 7.60. The van der Waals surface area contributed by atoms with E-state index in [2.05, 4.69) is 19.2 Å². The van der Waals surface area contributed by atoms with Crippen molar-refractivity contribution in [3.05, 3.63) is 34.3 Å². The van der Waals surface area contributed by atoms with Crippen molar-refractivity contribution in [1.29, 1.82) is 0 Å². The van der Waals surface area contributed by atoms with Gasteiger partial charge in [-0.2, -0.15) is 0 Å². The zero-order valence-corrected chi connectivity index (χ0v) is 10.8. The van der Waals surface area contributed by atoms with E-state index in [9.17, 15) is 4.79 Å². The van der Waals surface area contributed by atoms with Gasteiger partial charge in [-0.3, -0.25) is 4.79 Å². The average Bonchev–Trinajstić information content (AvgIpc) is 2.28. The minimum atomic E-state index is 0.0695. The van der Waals surface area contributed by atoms with E-state index in [4.69, 9.17) is 11.6 Å². The topological polar surface area (TPSA) is 29.1 Å². The summed E-state index contributed by atoms with van der Waals surface area (Å²) < 4.78 is 0. The van der Waals surface area contributed by atoms with Crippen LogP contribution in [0.2, 0.25) is 5.02 Å². The van der Waals surface area contributed by atoms with E-state index in [1.807, 2.05) is 12.1 Å². The molecule has 0 saturated heterocycles. The van der Waals surface area contributed by atoms with E-state index in [0.29, 0.717) is 23.0 Å². The van der Waals surface area contributed by atoms with Crippen molar-refractivity contribution >= 4 is 17.4 Å². The molecule has 3 heteroatoms. The number of Topliss-reactive ketones (excluding diaryl/α,β-unsaturated/α-hetero) is 1. The number of nitrogens with one attached hydrogen (secondary N) is 1. The zero-order valence-electron chi connectivity index (χ0n) is 10.0. The van der Waals surface area contributed by atoms with Gasteiger partial charge >= 0.3 is 0 Å².